The molecule has 3 heterocycles. The van der Waals surface area contributed by atoms with Crippen molar-refractivity contribution >= 4 is 35.8 Å². The highest BCUT2D eigenvalue weighted by molar-refractivity contribution is 14.0. The number of rotatable bonds is 6. The molecule has 8 nitrogen and oxygen atoms in total. The second-order valence-corrected chi connectivity index (χ2v) is 7.54. The van der Waals surface area contributed by atoms with Crippen molar-refractivity contribution < 1.29 is 13.9 Å². The Morgan fingerprint density at radius 1 is 1.13 bits per heavy atom. The molecule has 168 valence electrons. The number of nitrogens with one attached hydrogen (secondary N) is 2. The maximum Gasteiger partial charge on any atom is 0.287 e. The average Bonchev–Trinajstić information content (AvgIpc) is 3.45. The van der Waals surface area contributed by atoms with Gasteiger partial charge in [-0.25, -0.2) is 0 Å². The maximum atomic E-state index is 11.9. The Hall–Kier alpha value is -2.11. The van der Waals surface area contributed by atoms with E-state index in [2.05, 4.69) is 55.8 Å². The van der Waals surface area contributed by atoms with Gasteiger partial charge in [0, 0.05) is 46.3 Å². The minimum absolute atomic E-state index is 0. The van der Waals surface area contributed by atoms with Gasteiger partial charge in [-0.2, -0.15) is 0 Å². The summed E-state index contributed by atoms with van der Waals surface area (Å²) in [6.45, 7) is 5.38. The summed E-state index contributed by atoms with van der Waals surface area (Å²) >= 11 is 0. The Bertz CT molecular complexity index is 846. The number of nitrogens with zero attached hydrogens (tertiary/aromatic N) is 3. The van der Waals surface area contributed by atoms with Crippen LogP contribution < -0.4 is 10.6 Å². The molecule has 2 fully saturated rings. The van der Waals surface area contributed by atoms with Crippen LogP contribution in [0.5, 0.6) is 0 Å². The van der Waals surface area contributed by atoms with Crippen LogP contribution in [0.1, 0.15) is 16.1 Å². The molecule has 9 heteroatoms. The number of furan rings is 1. The van der Waals surface area contributed by atoms with Crippen molar-refractivity contribution in [1.82, 2.24) is 20.4 Å². The molecule has 2 aliphatic rings. The highest BCUT2D eigenvalue weighted by atomic mass is 127. The van der Waals surface area contributed by atoms with Gasteiger partial charge in [0.1, 0.15) is 0 Å². The van der Waals surface area contributed by atoms with Crippen molar-refractivity contribution in [3.05, 3.63) is 60.1 Å². The van der Waals surface area contributed by atoms with Gasteiger partial charge in [-0.15, -0.1) is 24.0 Å². The first-order valence-corrected chi connectivity index (χ1v) is 10.4. The highest BCUT2D eigenvalue weighted by Crippen LogP contribution is 2.24. The molecule has 0 aliphatic carbocycles. The minimum atomic E-state index is -0.214. The molecule has 0 spiro atoms. The van der Waals surface area contributed by atoms with Crippen molar-refractivity contribution in [3.63, 3.8) is 0 Å². The molecule has 2 aliphatic heterocycles. The number of carbonyl (C=O) groups is 1. The molecule has 0 bridgehead atoms. The third-order valence-corrected chi connectivity index (χ3v) is 5.59. The Kier molecular flexibility index (Phi) is 8.73. The number of hydrogen-bond acceptors (Lipinski definition) is 5. The summed E-state index contributed by atoms with van der Waals surface area (Å²) in [6.07, 6.45) is 1.67. The Balaban J connectivity index is 0.00000272. The van der Waals surface area contributed by atoms with Crippen LogP contribution in [0.4, 0.5) is 0 Å². The maximum absolute atomic E-state index is 11.9. The normalized spacial score (nSPS) is 21.3. The minimum Gasteiger partial charge on any atom is -0.459 e. The van der Waals surface area contributed by atoms with Gasteiger partial charge in [0.05, 0.1) is 25.0 Å². The van der Waals surface area contributed by atoms with Crippen LogP contribution in [0.3, 0.4) is 0 Å². The standard InChI is InChI=1S/C22H29N5O3.HI/c1-23-22(25-10-9-24-21(28)19-8-5-12-29-19)27-15-18-20(16-27)30-13-11-26(18)14-17-6-3-2-4-7-17;/h2-8,12,18,20H,9-11,13-16H2,1H3,(H,23,25)(H,24,28);1H. The fraction of sp³-hybridized carbons (Fsp3) is 0.455. The third kappa shape index (κ3) is 5.98. The fourth-order valence-corrected chi connectivity index (χ4v) is 4.12. The molecule has 31 heavy (non-hydrogen) atoms. The number of carbonyl (C=O) groups excluding carboxylic acids is 1. The summed E-state index contributed by atoms with van der Waals surface area (Å²) < 4.78 is 11.2. The molecule has 2 N–H and O–H groups in total. The molecule has 1 aromatic heterocycles. The molecule has 1 aromatic carbocycles. The van der Waals surface area contributed by atoms with Crippen molar-refractivity contribution in [1.29, 1.82) is 0 Å². The third-order valence-electron chi connectivity index (χ3n) is 5.59. The summed E-state index contributed by atoms with van der Waals surface area (Å²) in [5.74, 6) is 0.937. The van der Waals surface area contributed by atoms with Crippen LogP contribution in [0.2, 0.25) is 0 Å². The zero-order chi connectivity index (χ0) is 20.8. The molecule has 0 saturated carbocycles. The van der Waals surface area contributed by atoms with Gasteiger partial charge in [0.2, 0.25) is 0 Å². The lowest BCUT2D eigenvalue weighted by atomic mass is 10.1. The van der Waals surface area contributed by atoms with Gasteiger partial charge in [0.25, 0.3) is 5.91 Å². The average molecular weight is 539 g/mol. The van der Waals surface area contributed by atoms with Crippen LogP contribution in [0, 0.1) is 0 Å². The van der Waals surface area contributed by atoms with Crippen molar-refractivity contribution in [3.8, 4) is 0 Å². The second-order valence-electron chi connectivity index (χ2n) is 7.54. The van der Waals surface area contributed by atoms with E-state index >= 15 is 0 Å². The fourth-order valence-electron chi connectivity index (χ4n) is 4.12. The molecule has 2 atom stereocenters. The zero-order valence-electron chi connectivity index (χ0n) is 17.7. The van der Waals surface area contributed by atoms with E-state index in [-0.39, 0.29) is 36.0 Å². The first-order chi connectivity index (χ1) is 14.7. The number of likely N-dealkylation sites (tertiary alicyclic amines) is 1. The Morgan fingerprint density at radius 2 is 1.94 bits per heavy atom. The van der Waals surface area contributed by atoms with E-state index in [1.54, 1.807) is 19.2 Å². The van der Waals surface area contributed by atoms with E-state index in [1.807, 2.05) is 0 Å². The SMILES string of the molecule is CN=C(NCCNC(=O)c1ccco1)N1CC2OCCN(Cc3ccccc3)C2C1.I. The van der Waals surface area contributed by atoms with E-state index in [0.717, 1.165) is 38.7 Å². The van der Waals surface area contributed by atoms with Crippen LogP contribution in [-0.4, -0.2) is 80.2 Å². The highest BCUT2D eigenvalue weighted by Gasteiger charge is 2.41. The summed E-state index contributed by atoms with van der Waals surface area (Å²) in [7, 11) is 1.79. The Morgan fingerprint density at radius 3 is 2.68 bits per heavy atom. The molecule has 2 saturated heterocycles. The number of amides is 1. The van der Waals surface area contributed by atoms with Crippen LogP contribution in [-0.2, 0) is 11.3 Å². The number of halogens is 1. The predicted molar refractivity (Wildman–Crippen MR) is 130 cm³/mol. The number of hydrogen-bond donors (Lipinski definition) is 2. The molecule has 0 radical (unpaired) electrons. The quantitative estimate of drug-likeness (QED) is 0.252. The topological polar surface area (TPSA) is 82.3 Å². The first kappa shape index (κ1) is 23.6. The number of morpholine rings is 1. The summed E-state index contributed by atoms with van der Waals surface area (Å²) in [5, 5.41) is 6.18. The van der Waals surface area contributed by atoms with E-state index in [1.165, 1.54) is 11.8 Å². The smallest absolute Gasteiger partial charge is 0.287 e. The second kappa shape index (κ2) is 11.5. The zero-order valence-corrected chi connectivity index (χ0v) is 20.0. The number of benzene rings is 1. The van der Waals surface area contributed by atoms with Crippen molar-refractivity contribution in [2.45, 2.75) is 18.7 Å². The molecule has 2 unspecified atom stereocenters. The van der Waals surface area contributed by atoms with E-state index in [0.29, 0.717) is 24.9 Å². The predicted octanol–water partition coefficient (Wildman–Crippen LogP) is 1.79. The monoisotopic (exact) mass is 539 g/mol. The van der Waals surface area contributed by atoms with Gasteiger partial charge in [-0.1, -0.05) is 30.3 Å². The Labute approximate surface area is 200 Å². The van der Waals surface area contributed by atoms with Gasteiger partial charge in [-0.3, -0.25) is 14.7 Å². The lowest BCUT2D eigenvalue weighted by molar-refractivity contribution is -0.0502. The largest absolute Gasteiger partial charge is 0.459 e. The van der Waals surface area contributed by atoms with Crippen LogP contribution >= 0.6 is 24.0 Å². The molecule has 4 rings (SSSR count). The van der Waals surface area contributed by atoms with Crippen molar-refractivity contribution in [2.75, 3.05) is 46.4 Å². The van der Waals surface area contributed by atoms with E-state index in [9.17, 15) is 4.79 Å². The van der Waals surface area contributed by atoms with Gasteiger partial charge in [0.15, 0.2) is 11.7 Å². The summed E-state index contributed by atoms with van der Waals surface area (Å²) in [6, 6.07) is 14.3. The summed E-state index contributed by atoms with van der Waals surface area (Å²) in [5.41, 5.74) is 1.33. The van der Waals surface area contributed by atoms with Crippen LogP contribution in [0.15, 0.2) is 58.1 Å². The number of aliphatic imine (C=N–C) groups is 1. The van der Waals surface area contributed by atoms with Crippen molar-refractivity contribution in [2.24, 2.45) is 4.99 Å². The first-order valence-electron chi connectivity index (χ1n) is 10.4. The van der Waals surface area contributed by atoms with Gasteiger partial charge in [-0.05, 0) is 17.7 Å². The lowest BCUT2D eigenvalue weighted by Crippen LogP contribution is -2.50. The lowest BCUT2D eigenvalue weighted by Gasteiger charge is -2.36. The molecular formula is C22H30IN5O3. The van der Waals surface area contributed by atoms with E-state index in [4.69, 9.17) is 9.15 Å². The number of ether oxygens (including phenoxy) is 1. The van der Waals surface area contributed by atoms with Gasteiger partial charge >= 0.3 is 0 Å². The van der Waals surface area contributed by atoms with Crippen LogP contribution in [0.25, 0.3) is 0 Å². The molecule has 1 amide bonds. The molecular weight excluding hydrogens is 509 g/mol. The number of guanidine groups is 1. The number of fused-ring (bicyclic) bond motifs is 1. The molecule has 2 aromatic rings. The summed E-state index contributed by atoms with van der Waals surface area (Å²) in [4.78, 5) is 21.1. The van der Waals surface area contributed by atoms with Gasteiger partial charge < -0.3 is 24.7 Å². The van der Waals surface area contributed by atoms with E-state index < -0.39 is 0 Å².